The third kappa shape index (κ3) is 2.87. The predicted molar refractivity (Wildman–Crippen MR) is 61.2 cm³/mol. The number of benzene rings is 1. The molecule has 0 radical (unpaired) electrons. The maximum atomic E-state index is 10.8. The Balaban J connectivity index is 2.95. The first-order valence-electron chi connectivity index (χ1n) is 4.94. The van der Waals surface area contributed by atoms with Crippen molar-refractivity contribution in [2.75, 3.05) is 11.1 Å². The zero-order valence-corrected chi connectivity index (χ0v) is 8.95. The van der Waals surface area contributed by atoms with E-state index >= 15 is 0 Å². The Labute approximate surface area is 89.1 Å². The highest BCUT2D eigenvalue weighted by molar-refractivity contribution is 5.90. The molecule has 0 heterocycles. The normalized spacial score (nSPS) is 12.1. The molecule has 15 heavy (non-hydrogen) atoms. The van der Waals surface area contributed by atoms with Gasteiger partial charge in [-0.05, 0) is 31.5 Å². The zero-order valence-electron chi connectivity index (χ0n) is 8.95. The first-order valence-corrected chi connectivity index (χ1v) is 4.94. The van der Waals surface area contributed by atoms with Gasteiger partial charge in [0.2, 0.25) is 0 Å². The van der Waals surface area contributed by atoms with Crippen LogP contribution in [0, 0.1) is 0 Å². The van der Waals surface area contributed by atoms with Crippen molar-refractivity contribution in [1.82, 2.24) is 0 Å². The van der Waals surface area contributed by atoms with Crippen molar-refractivity contribution in [3.05, 3.63) is 23.8 Å². The highest BCUT2D eigenvalue weighted by Crippen LogP contribution is 2.21. The van der Waals surface area contributed by atoms with Crippen LogP contribution >= 0.6 is 0 Å². The number of carboxylic acid groups (broad SMARTS) is 1. The van der Waals surface area contributed by atoms with Crippen LogP contribution in [0.2, 0.25) is 0 Å². The van der Waals surface area contributed by atoms with E-state index in [1.807, 2.05) is 6.92 Å². The van der Waals surface area contributed by atoms with Gasteiger partial charge in [-0.15, -0.1) is 0 Å². The number of nitrogen functional groups attached to an aromatic ring is 1. The minimum Gasteiger partial charge on any atom is -0.478 e. The van der Waals surface area contributed by atoms with Gasteiger partial charge in [-0.1, -0.05) is 6.92 Å². The minimum atomic E-state index is -0.942. The van der Waals surface area contributed by atoms with E-state index in [0.717, 1.165) is 6.42 Å². The average molecular weight is 208 g/mol. The molecule has 1 aromatic carbocycles. The smallest absolute Gasteiger partial charge is 0.335 e. The average Bonchev–Trinajstić information content (AvgIpc) is 2.20. The van der Waals surface area contributed by atoms with Crippen LogP contribution in [-0.4, -0.2) is 17.1 Å². The Kier molecular flexibility index (Phi) is 3.55. The van der Waals surface area contributed by atoms with Crippen molar-refractivity contribution in [3.8, 4) is 0 Å². The van der Waals surface area contributed by atoms with E-state index in [-0.39, 0.29) is 11.6 Å². The Morgan fingerprint density at radius 3 is 2.80 bits per heavy atom. The van der Waals surface area contributed by atoms with Crippen molar-refractivity contribution < 1.29 is 9.90 Å². The van der Waals surface area contributed by atoms with Gasteiger partial charge in [0.05, 0.1) is 16.9 Å². The SMILES string of the molecule is CCC(C)Nc1cc(C(=O)O)ccc1N. The molecule has 82 valence electrons. The van der Waals surface area contributed by atoms with Gasteiger partial charge in [0.1, 0.15) is 0 Å². The topological polar surface area (TPSA) is 75.3 Å². The van der Waals surface area contributed by atoms with Crippen molar-refractivity contribution >= 4 is 17.3 Å². The fourth-order valence-corrected chi connectivity index (χ4v) is 1.18. The zero-order chi connectivity index (χ0) is 11.4. The molecule has 0 spiro atoms. The van der Waals surface area contributed by atoms with E-state index < -0.39 is 5.97 Å². The summed E-state index contributed by atoms with van der Waals surface area (Å²) in [6.07, 6.45) is 0.955. The fourth-order valence-electron chi connectivity index (χ4n) is 1.18. The number of carboxylic acids is 1. The molecule has 0 saturated heterocycles. The molecular formula is C11H16N2O2. The van der Waals surface area contributed by atoms with E-state index in [1.54, 1.807) is 12.1 Å². The van der Waals surface area contributed by atoms with Crippen LogP contribution in [0.15, 0.2) is 18.2 Å². The second-order valence-corrected chi connectivity index (χ2v) is 3.56. The lowest BCUT2D eigenvalue weighted by molar-refractivity contribution is 0.0697. The van der Waals surface area contributed by atoms with Gasteiger partial charge in [0.25, 0.3) is 0 Å². The highest BCUT2D eigenvalue weighted by Gasteiger charge is 2.07. The third-order valence-corrected chi connectivity index (χ3v) is 2.31. The number of hydrogen-bond acceptors (Lipinski definition) is 3. The van der Waals surface area contributed by atoms with Crippen LogP contribution in [0.5, 0.6) is 0 Å². The summed E-state index contributed by atoms with van der Waals surface area (Å²) >= 11 is 0. The Bertz CT molecular complexity index is 364. The van der Waals surface area contributed by atoms with E-state index in [2.05, 4.69) is 12.2 Å². The van der Waals surface area contributed by atoms with E-state index in [0.29, 0.717) is 11.4 Å². The summed E-state index contributed by atoms with van der Waals surface area (Å²) in [5, 5.41) is 12.0. The van der Waals surface area contributed by atoms with Crippen LogP contribution in [0.4, 0.5) is 11.4 Å². The molecule has 0 saturated carbocycles. The molecule has 1 aromatic rings. The molecule has 0 aromatic heterocycles. The molecule has 1 unspecified atom stereocenters. The first-order chi connectivity index (χ1) is 7.04. The van der Waals surface area contributed by atoms with Gasteiger partial charge in [0, 0.05) is 6.04 Å². The third-order valence-electron chi connectivity index (χ3n) is 2.31. The summed E-state index contributed by atoms with van der Waals surface area (Å²) < 4.78 is 0. The minimum absolute atomic E-state index is 0.245. The molecule has 1 atom stereocenters. The number of nitrogens with two attached hydrogens (primary N) is 1. The second kappa shape index (κ2) is 4.68. The van der Waals surface area contributed by atoms with E-state index in [4.69, 9.17) is 10.8 Å². The number of nitrogens with one attached hydrogen (secondary N) is 1. The molecule has 0 aliphatic rings. The van der Waals surface area contributed by atoms with Crippen molar-refractivity contribution in [3.63, 3.8) is 0 Å². The quantitative estimate of drug-likeness (QED) is 0.663. The van der Waals surface area contributed by atoms with E-state index in [9.17, 15) is 4.79 Å². The molecule has 0 aliphatic carbocycles. The number of carbonyl (C=O) groups is 1. The molecule has 0 aliphatic heterocycles. The molecular weight excluding hydrogens is 192 g/mol. The summed E-state index contributed by atoms with van der Waals surface area (Å²) in [5.74, 6) is -0.942. The summed E-state index contributed by atoms with van der Waals surface area (Å²) in [7, 11) is 0. The summed E-state index contributed by atoms with van der Waals surface area (Å²) in [4.78, 5) is 10.8. The van der Waals surface area contributed by atoms with Crippen molar-refractivity contribution in [2.45, 2.75) is 26.3 Å². The van der Waals surface area contributed by atoms with Crippen LogP contribution in [0.3, 0.4) is 0 Å². The first kappa shape index (κ1) is 11.4. The molecule has 4 heteroatoms. The van der Waals surface area contributed by atoms with Gasteiger partial charge in [-0.3, -0.25) is 0 Å². The largest absolute Gasteiger partial charge is 0.478 e. The van der Waals surface area contributed by atoms with Crippen LogP contribution in [0.25, 0.3) is 0 Å². The van der Waals surface area contributed by atoms with Crippen LogP contribution in [-0.2, 0) is 0 Å². The fraction of sp³-hybridized carbons (Fsp3) is 0.364. The Morgan fingerprint density at radius 2 is 2.27 bits per heavy atom. The standard InChI is InChI=1S/C11H16N2O2/c1-3-7(2)13-10-6-8(11(14)15)4-5-9(10)12/h4-7,13H,3,12H2,1-2H3,(H,14,15). The number of hydrogen-bond donors (Lipinski definition) is 3. The second-order valence-electron chi connectivity index (χ2n) is 3.56. The maximum Gasteiger partial charge on any atom is 0.335 e. The monoisotopic (exact) mass is 208 g/mol. The number of anilines is 2. The Hall–Kier alpha value is -1.71. The molecule has 0 bridgehead atoms. The van der Waals surface area contributed by atoms with Crippen LogP contribution in [0.1, 0.15) is 30.6 Å². The maximum absolute atomic E-state index is 10.8. The molecule has 0 amide bonds. The van der Waals surface area contributed by atoms with Crippen molar-refractivity contribution in [2.24, 2.45) is 0 Å². The van der Waals surface area contributed by atoms with Gasteiger partial charge >= 0.3 is 5.97 Å². The van der Waals surface area contributed by atoms with Gasteiger partial charge < -0.3 is 16.2 Å². The highest BCUT2D eigenvalue weighted by atomic mass is 16.4. The molecule has 4 nitrogen and oxygen atoms in total. The molecule has 0 fully saturated rings. The summed E-state index contributed by atoms with van der Waals surface area (Å²) in [6, 6.07) is 4.94. The number of rotatable bonds is 4. The number of aromatic carboxylic acids is 1. The lowest BCUT2D eigenvalue weighted by atomic mass is 10.1. The summed E-state index contributed by atoms with van der Waals surface area (Å²) in [5.41, 5.74) is 7.24. The predicted octanol–water partition coefficient (Wildman–Crippen LogP) is 2.18. The lowest BCUT2D eigenvalue weighted by Gasteiger charge is -2.15. The molecule has 1 rings (SSSR count). The van der Waals surface area contributed by atoms with Gasteiger partial charge in [-0.2, -0.15) is 0 Å². The van der Waals surface area contributed by atoms with Gasteiger partial charge in [-0.25, -0.2) is 4.79 Å². The van der Waals surface area contributed by atoms with Gasteiger partial charge in [0.15, 0.2) is 0 Å². The van der Waals surface area contributed by atoms with Crippen LogP contribution < -0.4 is 11.1 Å². The summed E-state index contributed by atoms with van der Waals surface area (Å²) in [6.45, 7) is 4.07. The van der Waals surface area contributed by atoms with Crippen molar-refractivity contribution in [1.29, 1.82) is 0 Å². The Morgan fingerprint density at radius 1 is 1.60 bits per heavy atom. The van der Waals surface area contributed by atoms with E-state index in [1.165, 1.54) is 6.07 Å². The lowest BCUT2D eigenvalue weighted by Crippen LogP contribution is -2.15. The molecule has 4 N–H and O–H groups in total.